The number of nitrogens with two attached hydrogens (primary N) is 4. The molecule has 4 rings (SSSR count). The molecular weight excluding hydrogens is 524 g/mol. The van der Waals surface area contributed by atoms with Crippen LogP contribution in [0.4, 0.5) is 0 Å². The first-order valence-corrected chi connectivity index (χ1v) is 14.6. The van der Waals surface area contributed by atoms with E-state index in [1.807, 2.05) is 18.2 Å². The smallest absolute Gasteiger partial charge is 0.127 e. The molecule has 0 saturated heterocycles. The lowest BCUT2D eigenvalue weighted by molar-refractivity contribution is 0.300. The van der Waals surface area contributed by atoms with Gasteiger partial charge in [0.1, 0.15) is 23.9 Å². The third-order valence-corrected chi connectivity index (χ3v) is 7.44. The Balaban J connectivity index is 1.80. The average molecular weight is 569 g/mol. The van der Waals surface area contributed by atoms with Crippen molar-refractivity contribution >= 4 is 0 Å². The van der Waals surface area contributed by atoms with Gasteiger partial charge in [0.2, 0.25) is 0 Å². The van der Waals surface area contributed by atoms with Crippen molar-refractivity contribution < 1.29 is 14.2 Å². The van der Waals surface area contributed by atoms with Crippen molar-refractivity contribution in [2.45, 2.75) is 32.3 Å². The first-order chi connectivity index (χ1) is 20.6. The third-order valence-electron chi connectivity index (χ3n) is 7.44. The predicted molar refractivity (Wildman–Crippen MR) is 172 cm³/mol. The fraction of sp³-hybridized carbons (Fsp3) is 0.314. The molecule has 0 amide bonds. The van der Waals surface area contributed by atoms with Crippen LogP contribution in [0.15, 0.2) is 72.8 Å². The summed E-state index contributed by atoms with van der Waals surface area (Å²) in [5.41, 5.74) is 33.8. The summed E-state index contributed by atoms with van der Waals surface area (Å²) >= 11 is 0. The highest BCUT2D eigenvalue weighted by atomic mass is 16.5. The van der Waals surface area contributed by atoms with Gasteiger partial charge in [-0.3, -0.25) is 0 Å². The van der Waals surface area contributed by atoms with Gasteiger partial charge in [-0.15, -0.1) is 0 Å². The van der Waals surface area contributed by atoms with Crippen LogP contribution in [-0.2, 0) is 32.3 Å². The van der Waals surface area contributed by atoms with Gasteiger partial charge in [-0.25, -0.2) is 0 Å². The molecule has 222 valence electrons. The standard InChI is InChI=1S/C35H44N4O3/c1-40-31-20-26(10-14-36)34(27(21-31)11-15-37)25-8-9-32(33(22-25)41-2)30-18-28(12-16-38)35(29(19-30)13-17-39)42-23-24-6-4-3-5-7-24/h3-9,18-22H,10-17,23,36-39H2,1-2H3. The highest BCUT2D eigenvalue weighted by molar-refractivity contribution is 5.80. The lowest BCUT2D eigenvalue weighted by Crippen LogP contribution is -2.10. The van der Waals surface area contributed by atoms with E-state index < -0.39 is 0 Å². The van der Waals surface area contributed by atoms with Gasteiger partial charge in [-0.2, -0.15) is 0 Å². The Kier molecular flexibility index (Phi) is 11.4. The molecule has 0 fully saturated rings. The zero-order valence-corrected chi connectivity index (χ0v) is 24.8. The molecule has 7 nitrogen and oxygen atoms in total. The number of rotatable bonds is 15. The second-order valence-electron chi connectivity index (χ2n) is 10.3. The first-order valence-electron chi connectivity index (χ1n) is 14.6. The average Bonchev–Trinajstić information content (AvgIpc) is 3.01. The molecular formula is C35H44N4O3. The third kappa shape index (κ3) is 7.30. The molecule has 0 aromatic heterocycles. The van der Waals surface area contributed by atoms with Crippen molar-refractivity contribution in [3.05, 3.63) is 101 Å². The minimum Gasteiger partial charge on any atom is -0.497 e. The van der Waals surface area contributed by atoms with Crippen LogP contribution in [0.1, 0.15) is 27.8 Å². The molecule has 8 N–H and O–H groups in total. The quantitative estimate of drug-likeness (QED) is 0.165. The van der Waals surface area contributed by atoms with E-state index in [4.69, 9.17) is 37.1 Å². The van der Waals surface area contributed by atoms with Crippen molar-refractivity contribution in [3.8, 4) is 39.5 Å². The SMILES string of the molecule is COc1cc(CCN)c(-c2ccc(-c3cc(CCN)c(OCc4ccccc4)c(CCN)c3)c(OC)c2)c(CCN)c1. The van der Waals surface area contributed by atoms with Crippen molar-refractivity contribution in [1.82, 2.24) is 0 Å². The fourth-order valence-corrected chi connectivity index (χ4v) is 5.52. The summed E-state index contributed by atoms with van der Waals surface area (Å²) in [7, 11) is 3.39. The Morgan fingerprint density at radius 2 is 1.14 bits per heavy atom. The molecule has 0 radical (unpaired) electrons. The molecule has 0 heterocycles. The topological polar surface area (TPSA) is 132 Å². The predicted octanol–water partition coefficient (Wildman–Crippen LogP) is 4.62. The molecule has 4 aromatic rings. The van der Waals surface area contributed by atoms with Gasteiger partial charge in [0, 0.05) is 5.56 Å². The summed E-state index contributed by atoms with van der Waals surface area (Å²) in [6.45, 7) is 2.56. The molecule has 42 heavy (non-hydrogen) atoms. The van der Waals surface area contributed by atoms with Gasteiger partial charge in [0.25, 0.3) is 0 Å². The van der Waals surface area contributed by atoms with Gasteiger partial charge in [-0.05, 0) is 127 Å². The van der Waals surface area contributed by atoms with Gasteiger partial charge in [0.15, 0.2) is 0 Å². The second kappa shape index (κ2) is 15.4. The molecule has 0 bridgehead atoms. The number of benzene rings is 4. The molecule has 7 heteroatoms. The van der Waals surface area contributed by atoms with Gasteiger partial charge < -0.3 is 37.1 Å². The maximum Gasteiger partial charge on any atom is 0.127 e. The molecule has 0 aliphatic rings. The second-order valence-corrected chi connectivity index (χ2v) is 10.3. The zero-order valence-electron chi connectivity index (χ0n) is 24.8. The molecule has 0 aliphatic carbocycles. The minimum atomic E-state index is 0.478. The Morgan fingerprint density at radius 3 is 1.67 bits per heavy atom. The Morgan fingerprint density at radius 1 is 0.571 bits per heavy atom. The van der Waals surface area contributed by atoms with Crippen LogP contribution in [0.25, 0.3) is 22.3 Å². The minimum absolute atomic E-state index is 0.478. The number of ether oxygens (including phenoxy) is 3. The van der Waals surface area contributed by atoms with Crippen LogP contribution < -0.4 is 37.1 Å². The lowest BCUT2D eigenvalue weighted by atomic mass is 9.89. The number of methoxy groups -OCH3 is 2. The summed E-state index contributed by atoms with van der Waals surface area (Å²) in [6.07, 6.45) is 2.83. The van der Waals surface area contributed by atoms with E-state index in [0.29, 0.717) is 45.6 Å². The van der Waals surface area contributed by atoms with Crippen LogP contribution in [-0.4, -0.2) is 40.4 Å². The summed E-state index contributed by atoms with van der Waals surface area (Å²) in [4.78, 5) is 0. The van der Waals surface area contributed by atoms with E-state index in [0.717, 1.165) is 80.2 Å². The van der Waals surface area contributed by atoms with Crippen molar-refractivity contribution in [2.75, 3.05) is 40.4 Å². The van der Waals surface area contributed by atoms with Crippen LogP contribution in [0.3, 0.4) is 0 Å². The molecule has 0 unspecified atom stereocenters. The molecule has 4 aromatic carbocycles. The summed E-state index contributed by atoms with van der Waals surface area (Å²) in [5.74, 6) is 2.45. The number of hydrogen-bond donors (Lipinski definition) is 4. The summed E-state index contributed by atoms with van der Waals surface area (Å²) in [5, 5.41) is 0. The largest absolute Gasteiger partial charge is 0.497 e. The normalized spacial score (nSPS) is 11.0. The fourth-order valence-electron chi connectivity index (χ4n) is 5.52. The highest BCUT2D eigenvalue weighted by Crippen LogP contribution is 2.40. The highest BCUT2D eigenvalue weighted by Gasteiger charge is 2.18. The van der Waals surface area contributed by atoms with E-state index in [1.54, 1.807) is 14.2 Å². The van der Waals surface area contributed by atoms with Crippen LogP contribution in [0.5, 0.6) is 17.2 Å². The maximum absolute atomic E-state index is 6.40. The van der Waals surface area contributed by atoms with Gasteiger partial charge >= 0.3 is 0 Å². The van der Waals surface area contributed by atoms with E-state index in [1.165, 1.54) is 0 Å². The molecule has 0 atom stereocenters. The van der Waals surface area contributed by atoms with E-state index in [-0.39, 0.29) is 0 Å². The van der Waals surface area contributed by atoms with Crippen LogP contribution in [0.2, 0.25) is 0 Å². The molecule has 0 spiro atoms. The van der Waals surface area contributed by atoms with Gasteiger partial charge in [-0.1, -0.05) is 42.5 Å². The van der Waals surface area contributed by atoms with Crippen molar-refractivity contribution in [3.63, 3.8) is 0 Å². The van der Waals surface area contributed by atoms with Crippen LogP contribution in [0, 0.1) is 0 Å². The van der Waals surface area contributed by atoms with Crippen LogP contribution >= 0.6 is 0 Å². The van der Waals surface area contributed by atoms with Crippen molar-refractivity contribution in [2.24, 2.45) is 22.9 Å². The zero-order chi connectivity index (χ0) is 29.9. The number of hydrogen-bond acceptors (Lipinski definition) is 7. The summed E-state index contributed by atoms with van der Waals surface area (Å²) in [6, 6.07) is 25.0. The Labute approximate surface area is 249 Å². The Bertz CT molecular complexity index is 1400. The van der Waals surface area contributed by atoms with E-state index in [2.05, 4.69) is 54.6 Å². The summed E-state index contributed by atoms with van der Waals surface area (Å²) < 4.78 is 18.0. The van der Waals surface area contributed by atoms with E-state index in [9.17, 15) is 0 Å². The molecule has 0 saturated carbocycles. The Hall–Kier alpha value is -3.88. The van der Waals surface area contributed by atoms with Crippen molar-refractivity contribution in [1.29, 1.82) is 0 Å². The maximum atomic E-state index is 6.40. The lowest BCUT2D eigenvalue weighted by Gasteiger charge is -2.20. The molecule has 0 aliphatic heterocycles. The first kappa shape index (κ1) is 31.1. The van der Waals surface area contributed by atoms with E-state index >= 15 is 0 Å². The van der Waals surface area contributed by atoms with Gasteiger partial charge in [0.05, 0.1) is 14.2 Å². The monoisotopic (exact) mass is 568 g/mol.